The van der Waals surface area contributed by atoms with Crippen molar-refractivity contribution in [2.45, 2.75) is 32.1 Å². The van der Waals surface area contributed by atoms with Crippen molar-refractivity contribution in [2.24, 2.45) is 0 Å². The minimum Gasteiger partial charge on any atom is -0.480 e. The topological polar surface area (TPSA) is 66.4 Å². The lowest BCUT2D eigenvalue weighted by Crippen LogP contribution is -2.39. The van der Waals surface area contributed by atoms with Crippen LogP contribution in [-0.2, 0) is 9.59 Å². The third kappa shape index (κ3) is 6.45. The van der Waals surface area contributed by atoms with Crippen LogP contribution in [0.3, 0.4) is 0 Å². The van der Waals surface area contributed by atoms with Crippen LogP contribution in [0.4, 0.5) is 0 Å². The molecule has 1 amide bonds. The number of carboxylic acids is 1. The van der Waals surface area contributed by atoms with E-state index < -0.39 is 12.0 Å². The second kappa shape index (κ2) is 5.85. The number of thioether (sulfide) groups is 1. The van der Waals surface area contributed by atoms with Crippen molar-refractivity contribution in [3.8, 4) is 0 Å². The Bertz CT molecular complexity index is 194. The van der Waals surface area contributed by atoms with E-state index in [1.54, 1.807) is 0 Å². The monoisotopic (exact) mass is 205 g/mol. The number of hydrogen-bond donors (Lipinski definition) is 2. The summed E-state index contributed by atoms with van der Waals surface area (Å²) in [6, 6.07) is -0.805. The van der Waals surface area contributed by atoms with Gasteiger partial charge in [-0.3, -0.25) is 9.59 Å². The minimum absolute atomic E-state index is 0.228. The van der Waals surface area contributed by atoms with E-state index in [9.17, 15) is 9.59 Å². The van der Waals surface area contributed by atoms with Crippen LogP contribution in [0.15, 0.2) is 0 Å². The number of hydrogen-bond acceptors (Lipinski definition) is 3. The van der Waals surface area contributed by atoms with E-state index in [-0.39, 0.29) is 5.91 Å². The molecule has 0 unspecified atom stereocenters. The first-order chi connectivity index (χ1) is 5.93. The summed E-state index contributed by atoms with van der Waals surface area (Å²) in [6.45, 7) is 5.41. The van der Waals surface area contributed by atoms with Gasteiger partial charge in [0.05, 0.1) is 5.75 Å². The van der Waals surface area contributed by atoms with Gasteiger partial charge < -0.3 is 10.4 Å². The van der Waals surface area contributed by atoms with Crippen LogP contribution < -0.4 is 5.32 Å². The van der Waals surface area contributed by atoms with Crippen LogP contribution in [0.25, 0.3) is 0 Å². The summed E-state index contributed by atoms with van der Waals surface area (Å²) in [6.07, 6.45) is 0. The lowest BCUT2D eigenvalue weighted by atomic mass is 10.3. The van der Waals surface area contributed by atoms with Gasteiger partial charge in [0.25, 0.3) is 0 Å². The average Bonchev–Trinajstić information content (AvgIpc) is 2.00. The van der Waals surface area contributed by atoms with E-state index in [2.05, 4.69) is 5.32 Å². The fourth-order valence-electron chi connectivity index (χ4n) is 0.587. The molecule has 4 nitrogen and oxygen atoms in total. The summed E-state index contributed by atoms with van der Waals surface area (Å²) < 4.78 is 0. The Labute approximate surface area is 82.1 Å². The molecule has 2 N–H and O–H groups in total. The molecule has 0 aliphatic carbocycles. The largest absolute Gasteiger partial charge is 0.480 e. The number of carbonyl (C=O) groups is 2. The van der Waals surface area contributed by atoms with E-state index in [0.29, 0.717) is 11.0 Å². The lowest BCUT2D eigenvalue weighted by molar-refractivity contribution is -0.140. The van der Waals surface area contributed by atoms with Crippen LogP contribution in [0.1, 0.15) is 20.8 Å². The van der Waals surface area contributed by atoms with Crippen molar-refractivity contribution >= 4 is 23.6 Å². The Morgan fingerprint density at radius 1 is 1.38 bits per heavy atom. The summed E-state index contributed by atoms with van der Waals surface area (Å²) in [7, 11) is 0. The second-order valence-electron chi connectivity index (χ2n) is 2.99. The Morgan fingerprint density at radius 2 is 1.92 bits per heavy atom. The molecule has 13 heavy (non-hydrogen) atoms. The predicted octanol–water partition coefficient (Wildman–Crippen LogP) is 0.717. The van der Waals surface area contributed by atoms with Gasteiger partial charge in [-0.15, -0.1) is 11.8 Å². The Morgan fingerprint density at radius 3 is 2.31 bits per heavy atom. The highest BCUT2D eigenvalue weighted by Gasteiger charge is 2.13. The van der Waals surface area contributed by atoms with Crippen molar-refractivity contribution in [1.82, 2.24) is 5.32 Å². The molecular formula is C8H15NO3S. The van der Waals surface area contributed by atoms with Gasteiger partial charge in [-0.2, -0.15) is 0 Å². The zero-order chi connectivity index (χ0) is 10.4. The second-order valence-corrected chi connectivity index (χ2v) is 4.55. The third-order valence-corrected chi connectivity index (χ3v) is 2.39. The van der Waals surface area contributed by atoms with Gasteiger partial charge in [0.1, 0.15) is 6.04 Å². The van der Waals surface area contributed by atoms with Crippen molar-refractivity contribution in [2.75, 3.05) is 5.75 Å². The first kappa shape index (κ1) is 12.3. The van der Waals surface area contributed by atoms with Crippen molar-refractivity contribution in [1.29, 1.82) is 0 Å². The molecule has 0 radical (unpaired) electrons. The van der Waals surface area contributed by atoms with Gasteiger partial charge in [-0.05, 0) is 12.2 Å². The maximum Gasteiger partial charge on any atom is 0.325 e. The minimum atomic E-state index is -1.01. The first-order valence-corrected chi connectivity index (χ1v) is 5.12. The zero-order valence-electron chi connectivity index (χ0n) is 8.03. The van der Waals surface area contributed by atoms with Crippen molar-refractivity contribution < 1.29 is 14.7 Å². The molecule has 0 aromatic heterocycles. The van der Waals surface area contributed by atoms with E-state index in [1.807, 2.05) is 13.8 Å². The van der Waals surface area contributed by atoms with E-state index in [4.69, 9.17) is 5.11 Å². The molecule has 0 spiro atoms. The van der Waals surface area contributed by atoms with Crippen molar-refractivity contribution in [3.63, 3.8) is 0 Å². The molecule has 0 aliphatic heterocycles. The van der Waals surface area contributed by atoms with Gasteiger partial charge in [0.2, 0.25) is 5.91 Å². The normalized spacial score (nSPS) is 12.6. The zero-order valence-corrected chi connectivity index (χ0v) is 8.85. The highest BCUT2D eigenvalue weighted by molar-refractivity contribution is 8.00. The molecule has 0 heterocycles. The fraction of sp³-hybridized carbons (Fsp3) is 0.750. The summed E-state index contributed by atoms with van der Waals surface area (Å²) >= 11 is 1.49. The maximum absolute atomic E-state index is 11.1. The van der Waals surface area contributed by atoms with Crippen molar-refractivity contribution in [3.05, 3.63) is 0 Å². The molecule has 0 saturated carbocycles. The number of rotatable bonds is 5. The van der Waals surface area contributed by atoms with Gasteiger partial charge in [0.15, 0.2) is 0 Å². The number of carboxylic acid groups (broad SMARTS) is 1. The summed E-state index contributed by atoms with van der Waals surface area (Å²) in [4.78, 5) is 21.4. The Hall–Kier alpha value is -0.710. The molecule has 0 aromatic carbocycles. The molecule has 76 valence electrons. The molecule has 5 heteroatoms. The number of nitrogens with one attached hydrogen (secondary N) is 1. The van der Waals surface area contributed by atoms with Crippen LogP contribution in [0, 0.1) is 0 Å². The van der Waals surface area contributed by atoms with Crippen LogP contribution >= 0.6 is 11.8 Å². The summed E-state index contributed by atoms with van der Waals surface area (Å²) in [5.74, 6) is -0.925. The standard InChI is InChI=1S/C8H15NO3S/c1-5(2)13-4-7(10)9-6(3)8(11)12/h5-6H,4H2,1-3H3,(H,9,10)(H,11,12)/t6-/m0/s1. The molecule has 0 aromatic rings. The highest BCUT2D eigenvalue weighted by Crippen LogP contribution is 2.07. The van der Waals surface area contributed by atoms with Gasteiger partial charge in [0, 0.05) is 0 Å². The van der Waals surface area contributed by atoms with E-state index >= 15 is 0 Å². The predicted molar refractivity (Wildman–Crippen MR) is 52.8 cm³/mol. The maximum atomic E-state index is 11.1. The number of aliphatic carboxylic acids is 1. The molecule has 0 saturated heterocycles. The van der Waals surface area contributed by atoms with Gasteiger partial charge in [-0.25, -0.2) is 0 Å². The quantitative estimate of drug-likeness (QED) is 0.694. The smallest absolute Gasteiger partial charge is 0.325 e. The van der Waals surface area contributed by atoms with E-state index in [1.165, 1.54) is 18.7 Å². The number of amides is 1. The molecule has 1 atom stereocenters. The molecule has 0 bridgehead atoms. The Kier molecular flexibility index (Phi) is 5.53. The SMILES string of the molecule is CC(C)SCC(=O)N[C@@H](C)C(=O)O. The third-order valence-electron chi connectivity index (χ3n) is 1.30. The first-order valence-electron chi connectivity index (χ1n) is 4.07. The summed E-state index contributed by atoms with van der Waals surface area (Å²) in [5.41, 5.74) is 0. The van der Waals surface area contributed by atoms with Crippen LogP contribution in [0.5, 0.6) is 0 Å². The molecular weight excluding hydrogens is 190 g/mol. The van der Waals surface area contributed by atoms with Crippen LogP contribution in [-0.4, -0.2) is 34.0 Å². The van der Waals surface area contributed by atoms with E-state index in [0.717, 1.165) is 0 Å². The van der Waals surface area contributed by atoms with Crippen LogP contribution in [0.2, 0.25) is 0 Å². The summed E-state index contributed by atoms with van der Waals surface area (Å²) in [5, 5.41) is 11.2. The Balaban J connectivity index is 3.68. The van der Waals surface area contributed by atoms with Gasteiger partial charge in [-0.1, -0.05) is 13.8 Å². The average molecular weight is 205 g/mol. The molecule has 0 aliphatic rings. The fourth-order valence-corrected chi connectivity index (χ4v) is 1.16. The van der Waals surface area contributed by atoms with Gasteiger partial charge >= 0.3 is 5.97 Å². The molecule has 0 fully saturated rings. The highest BCUT2D eigenvalue weighted by atomic mass is 32.2. The lowest BCUT2D eigenvalue weighted by Gasteiger charge is -2.09. The molecule has 0 rings (SSSR count). The number of carbonyl (C=O) groups excluding carboxylic acids is 1.